The van der Waals surface area contributed by atoms with Crippen LogP contribution in [-0.4, -0.2) is 20.7 Å². The Labute approximate surface area is 144 Å². The van der Waals surface area contributed by atoms with Crippen molar-refractivity contribution in [1.82, 2.24) is 14.8 Å². The minimum Gasteiger partial charge on any atom is -0.306 e. The van der Waals surface area contributed by atoms with Gasteiger partial charge in [0.1, 0.15) is 5.82 Å². The Morgan fingerprint density at radius 3 is 2.79 bits per heavy atom. The lowest BCUT2D eigenvalue weighted by Gasteiger charge is -2.08. The van der Waals surface area contributed by atoms with Gasteiger partial charge in [0.25, 0.3) is 5.91 Å². The van der Waals surface area contributed by atoms with Crippen LogP contribution in [0.3, 0.4) is 0 Å². The van der Waals surface area contributed by atoms with Crippen molar-refractivity contribution in [3.63, 3.8) is 0 Å². The molecule has 0 unspecified atom stereocenters. The molecular weight excluding hydrogens is 324 g/mol. The van der Waals surface area contributed by atoms with Crippen LogP contribution >= 0.6 is 11.6 Å². The first-order chi connectivity index (χ1) is 11.5. The van der Waals surface area contributed by atoms with Crippen molar-refractivity contribution in [2.45, 2.75) is 25.7 Å². The minimum atomic E-state index is -0.170. The number of carbonyl (C=O) groups is 1. The molecule has 1 N–H and O–H groups in total. The number of hydrogen-bond donors (Lipinski definition) is 1. The Kier molecular flexibility index (Phi) is 3.53. The van der Waals surface area contributed by atoms with E-state index in [0.29, 0.717) is 22.3 Å². The topological polar surface area (TPSA) is 59.8 Å². The van der Waals surface area contributed by atoms with E-state index in [0.717, 1.165) is 35.0 Å². The molecule has 1 amide bonds. The molecule has 4 rings (SSSR count). The number of carbonyl (C=O) groups excluding carboxylic acids is 1. The van der Waals surface area contributed by atoms with Crippen LogP contribution < -0.4 is 5.32 Å². The molecule has 1 aromatic carbocycles. The van der Waals surface area contributed by atoms with Gasteiger partial charge in [-0.1, -0.05) is 17.7 Å². The number of nitrogens with zero attached hydrogens (tertiary/aromatic N) is 3. The Balaban J connectivity index is 1.66. The maximum atomic E-state index is 12.6. The number of halogens is 1. The van der Waals surface area contributed by atoms with Crippen LogP contribution in [-0.2, 0) is 7.05 Å². The second-order valence-corrected chi connectivity index (χ2v) is 6.68. The summed E-state index contributed by atoms with van der Waals surface area (Å²) in [6, 6.07) is 7.53. The third-order valence-electron chi connectivity index (χ3n) is 4.36. The van der Waals surface area contributed by atoms with Crippen LogP contribution in [0.1, 0.15) is 40.4 Å². The van der Waals surface area contributed by atoms with E-state index in [1.165, 1.54) is 0 Å². The SMILES string of the molecule is Cc1c(Cl)ccc2ccc(NC(=O)c3cn(C)nc3C3CC3)nc12. The van der Waals surface area contributed by atoms with Crippen molar-refractivity contribution < 1.29 is 4.79 Å². The molecule has 1 fully saturated rings. The van der Waals surface area contributed by atoms with Crippen LogP contribution in [0.4, 0.5) is 5.82 Å². The Morgan fingerprint density at radius 1 is 1.29 bits per heavy atom. The van der Waals surface area contributed by atoms with E-state index < -0.39 is 0 Å². The fourth-order valence-corrected chi connectivity index (χ4v) is 3.05. The third kappa shape index (κ3) is 2.65. The molecule has 2 aromatic heterocycles. The molecule has 1 aliphatic rings. The summed E-state index contributed by atoms with van der Waals surface area (Å²) in [5.74, 6) is 0.762. The molecule has 0 radical (unpaired) electrons. The minimum absolute atomic E-state index is 0.170. The molecule has 0 saturated heterocycles. The molecule has 24 heavy (non-hydrogen) atoms. The zero-order chi connectivity index (χ0) is 16.8. The summed E-state index contributed by atoms with van der Waals surface area (Å²) in [4.78, 5) is 17.2. The van der Waals surface area contributed by atoms with Gasteiger partial charge in [-0.15, -0.1) is 0 Å². The van der Waals surface area contributed by atoms with Gasteiger partial charge in [0.15, 0.2) is 0 Å². The summed E-state index contributed by atoms with van der Waals surface area (Å²) in [5.41, 5.74) is 3.22. The zero-order valence-electron chi connectivity index (χ0n) is 13.5. The van der Waals surface area contributed by atoms with Crippen molar-refractivity contribution in [3.8, 4) is 0 Å². The van der Waals surface area contributed by atoms with Crippen LogP contribution in [0.25, 0.3) is 10.9 Å². The highest BCUT2D eigenvalue weighted by Gasteiger charge is 2.31. The molecular formula is C18H17ClN4O. The van der Waals surface area contributed by atoms with E-state index in [1.807, 2.05) is 32.2 Å². The summed E-state index contributed by atoms with van der Waals surface area (Å²) in [5, 5.41) is 8.98. The first-order valence-corrected chi connectivity index (χ1v) is 8.31. The normalized spacial score (nSPS) is 14.1. The number of hydrogen-bond acceptors (Lipinski definition) is 3. The monoisotopic (exact) mass is 340 g/mol. The first-order valence-electron chi connectivity index (χ1n) is 7.93. The maximum absolute atomic E-state index is 12.6. The third-order valence-corrected chi connectivity index (χ3v) is 4.77. The summed E-state index contributed by atoms with van der Waals surface area (Å²) in [6.07, 6.45) is 3.97. The predicted octanol–water partition coefficient (Wildman–Crippen LogP) is 4.06. The lowest BCUT2D eigenvalue weighted by atomic mass is 10.1. The number of pyridine rings is 1. The average molecular weight is 341 g/mol. The number of rotatable bonds is 3. The van der Waals surface area contributed by atoms with Crippen molar-refractivity contribution in [1.29, 1.82) is 0 Å². The van der Waals surface area contributed by atoms with Crippen LogP contribution in [0.15, 0.2) is 30.5 Å². The molecule has 1 aliphatic carbocycles. The summed E-state index contributed by atoms with van der Waals surface area (Å²) < 4.78 is 1.69. The van der Waals surface area contributed by atoms with Gasteiger partial charge >= 0.3 is 0 Å². The molecule has 5 nitrogen and oxygen atoms in total. The van der Waals surface area contributed by atoms with Crippen LogP contribution in [0.2, 0.25) is 5.02 Å². The molecule has 0 atom stereocenters. The van der Waals surface area contributed by atoms with Gasteiger partial charge in [-0.3, -0.25) is 9.48 Å². The first kappa shape index (κ1) is 15.1. The van der Waals surface area contributed by atoms with E-state index in [4.69, 9.17) is 11.6 Å². The summed E-state index contributed by atoms with van der Waals surface area (Å²) in [7, 11) is 1.84. The fourth-order valence-electron chi connectivity index (χ4n) is 2.90. The van der Waals surface area contributed by atoms with Gasteiger partial charge in [-0.05, 0) is 43.5 Å². The lowest BCUT2D eigenvalue weighted by molar-refractivity contribution is 0.102. The van der Waals surface area contributed by atoms with E-state index in [-0.39, 0.29) is 5.91 Å². The molecule has 2 heterocycles. The quantitative estimate of drug-likeness (QED) is 0.782. The molecule has 122 valence electrons. The number of amides is 1. The second-order valence-electron chi connectivity index (χ2n) is 6.27. The Hall–Kier alpha value is -2.40. The van der Waals surface area contributed by atoms with Crippen LogP contribution in [0, 0.1) is 6.92 Å². The highest BCUT2D eigenvalue weighted by molar-refractivity contribution is 6.32. The maximum Gasteiger partial charge on any atom is 0.260 e. The van der Waals surface area contributed by atoms with Crippen molar-refractivity contribution in [2.75, 3.05) is 5.32 Å². The molecule has 0 spiro atoms. The van der Waals surface area contributed by atoms with Gasteiger partial charge in [0.2, 0.25) is 0 Å². The van der Waals surface area contributed by atoms with E-state index in [1.54, 1.807) is 16.9 Å². The highest BCUT2D eigenvalue weighted by atomic mass is 35.5. The number of anilines is 1. The molecule has 0 bridgehead atoms. The second kappa shape index (κ2) is 5.60. The lowest BCUT2D eigenvalue weighted by Crippen LogP contribution is -2.14. The predicted molar refractivity (Wildman–Crippen MR) is 94.6 cm³/mol. The number of nitrogens with one attached hydrogen (secondary N) is 1. The van der Waals surface area contributed by atoms with Gasteiger partial charge in [-0.25, -0.2) is 4.98 Å². The molecule has 6 heteroatoms. The zero-order valence-corrected chi connectivity index (χ0v) is 14.3. The number of fused-ring (bicyclic) bond motifs is 1. The Bertz CT molecular complexity index is 959. The largest absolute Gasteiger partial charge is 0.306 e. The summed E-state index contributed by atoms with van der Waals surface area (Å²) >= 11 is 6.17. The number of aryl methyl sites for hydroxylation is 2. The van der Waals surface area contributed by atoms with E-state index >= 15 is 0 Å². The van der Waals surface area contributed by atoms with Gasteiger partial charge in [0.05, 0.1) is 16.8 Å². The van der Waals surface area contributed by atoms with Crippen molar-refractivity contribution >= 4 is 34.2 Å². The molecule has 0 aliphatic heterocycles. The van der Waals surface area contributed by atoms with E-state index in [2.05, 4.69) is 15.4 Å². The van der Waals surface area contributed by atoms with Gasteiger partial charge in [0, 0.05) is 29.6 Å². The van der Waals surface area contributed by atoms with E-state index in [9.17, 15) is 4.79 Å². The van der Waals surface area contributed by atoms with Gasteiger partial charge in [-0.2, -0.15) is 5.10 Å². The fraction of sp³-hybridized carbons (Fsp3) is 0.278. The Morgan fingerprint density at radius 2 is 2.04 bits per heavy atom. The van der Waals surface area contributed by atoms with Crippen molar-refractivity contribution in [3.05, 3.63) is 52.3 Å². The van der Waals surface area contributed by atoms with Crippen molar-refractivity contribution in [2.24, 2.45) is 7.05 Å². The van der Waals surface area contributed by atoms with Crippen LogP contribution in [0.5, 0.6) is 0 Å². The number of benzene rings is 1. The summed E-state index contributed by atoms with van der Waals surface area (Å²) in [6.45, 7) is 1.93. The average Bonchev–Trinajstić information content (AvgIpc) is 3.33. The smallest absolute Gasteiger partial charge is 0.260 e. The highest BCUT2D eigenvalue weighted by Crippen LogP contribution is 2.40. The molecule has 1 saturated carbocycles. The number of aromatic nitrogens is 3. The molecule has 3 aromatic rings. The van der Waals surface area contributed by atoms with Gasteiger partial charge < -0.3 is 5.32 Å². The standard InChI is InChI=1S/C18H17ClN4O/c1-10-14(19)7-5-11-6-8-15(20-16(10)11)21-18(24)13-9-23(2)22-17(13)12-3-4-12/h5-9,12H,3-4H2,1-2H3,(H,20,21,24).